The molecule has 196 valence electrons. The molecule has 0 aliphatic heterocycles. The normalized spacial score (nSPS) is 17.6. The smallest absolute Gasteiger partial charge is 0.388 e. The fourth-order valence-electron chi connectivity index (χ4n) is 4.31. The number of methoxy groups -OCH3 is 1. The van der Waals surface area contributed by atoms with Gasteiger partial charge in [0.05, 0.1) is 19.6 Å². The Morgan fingerprint density at radius 1 is 1.17 bits per heavy atom. The van der Waals surface area contributed by atoms with E-state index in [0.717, 1.165) is 5.56 Å². The van der Waals surface area contributed by atoms with Crippen molar-refractivity contribution < 1.29 is 32.6 Å². The first-order chi connectivity index (χ1) is 17.2. The van der Waals surface area contributed by atoms with E-state index in [1.807, 2.05) is 19.9 Å². The van der Waals surface area contributed by atoms with Gasteiger partial charge in [-0.2, -0.15) is 13.8 Å². The third-order valence-electron chi connectivity index (χ3n) is 6.05. The minimum absolute atomic E-state index is 0.0339. The summed E-state index contributed by atoms with van der Waals surface area (Å²) in [7, 11) is 1.34. The van der Waals surface area contributed by atoms with Gasteiger partial charge in [-0.1, -0.05) is 19.9 Å². The van der Waals surface area contributed by atoms with E-state index in [2.05, 4.69) is 20.0 Å². The second-order valence-electron chi connectivity index (χ2n) is 8.71. The van der Waals surface area contributed by atoms with E-state index in [9.17, 15) is 18.4 Å². The predicted molar refractivity (Wildman–Crippen MR) is 130 cm³/mol. The van der Waals surface area contributed by atoms with Crippen molar-refractivity contribution in [3.63, 3.8) is 0 Å². The second-order valence-corrected chi connectivity index (χ2v) is 8.71. The lowest BCUT2D eigenvalue weighted by Gasteiger charge is -2.36. The van der Waals surface area contributed by atoms with Gasteiger partial charge in [-0.3, -0.25) is 9.69 Å². The predicted octanol–water partition coefficient (Wildman–Crippen LogP) is 5.37. The summed E-state index contributed by atoms with van der Waals surface area (Å²) < 4.78 is 40.7. The third-order valence-corrected chi connectivity index (χ3v) is 6.05. The zero-order valence-corrected chi connectivity index (χ0v) is 20.9. The number of halogens is 2. The maximum absolute atomic E-state index is 13.7. The summed E-state index contributed by atoms with van der Waals surface area (Å²) in [5.41, 5.74) is 0.824. The maximum Gasteiger partial charge on any atom is 0.388 e. The van der Waals surface area contributed by atoms with Crippen molar-refractivity contribution in [1.29, 1.82) is 0 Å². The van der Waals surface area contributed by atoms with Crippen LogP contribution in [-0.2, 0) is 9.53 Å². The molecule has 0 radical (unpaired) electrons. The number of pyridine rings is 2. The Balaban J connectivity index is 1.93. The Morgan fingerprint density at radius 2 is 1.89 bits per heavy atom. The Kier molecular flexibility index (Phi) is 9.38. The van der Waals surface area contributed by atoms with Gasteiger partial charge in [-0.25, -0.2) is 9.78 Å². The zero-order valence-electron chi connectivity index (χ0n) is 20.9. The number of anilines is 2. The fourth-order valence-corrected chi connectivity index (χ4v) is 4.31. The number of nitrogens with zero attached hydrogens (tertiary/aromatic N) is 3. The highest BCUT2D eigenvalue weighted by Gasteiger charge is 2.35. The molecule has 2 aromatic heterocycles. The number of hydrogen-bond donors (Lipinski definition) is 1. The van der Waals surface area contributed by atoms with Crippen LogP contribution < -0.4 is 19.7 Å². The maximum atomic E-state index is 13.7. The van der Waals surface area contributed by atoms with E-state index in [-0.39, 0.29) is 35.4 Å². The summed E-state index contributed by atoms with van der Waals surface area (Å²) in [4.78, 5) is 35.9. The molecule has 2 amide bonds. The zero-order chi connectivity index (χ0) is 26.2. The molecule has 0 unspecified atom stereocenters. The minimum atomic E-state index is -3.14. The molecule has 1 aliphatic rings. The second kappa shape index (κ2) is 12.5. The number of hydrogen-bond acceptors (Lipinski definition) is 7. The lowest BCUT2D eigenvalue weighted by molar-refractivity contribution is -0.149. The highest BCUT2D eigenvalue weighted by Crippen LogP contribution is 2.35. The van der Waals surface area contributed by atoms with Crippen molar-refractivity contribution in [3.8, 4) is 11.8 Å². The molecule has 0 spiro atoms. The van der Waals surface area contributed by atoms with Crippen LogP contribution in [0.2, 0.25) is 0 Å². The molecule has 9 nitrogen and oxygen atoms in total. The molecule has 1 aliphatic carbocycles. The SMILES string of the molecule is CCOC(=O)C1CCC(N(C(=O)Nc2ccc(OC)nc2OC(F)F)c2ncccc2C(C)C)CC1. The average Bonchev–Trinajstić information content (AvgIpc) is 2.85. The molecule has 0 bridgehead atoms. The summed E-state index contributed by atoms with van der Waals surface area (Å²) in [6.45, 7) is 2.94. The Bertz CT molecular complexity index is 1040. The van der Waals surface area contributed by atoms with E-state index in [1.165, 1.54) is 19.2 Å². The molecule has 1 fully saturated rings. The van der Waals surface area contributed by atoms with Gasteiger partial charge < -0.3 is 19.5 Å². The Hall–Kier alpha value is -3.50. The molecular formula is C25H32F2N4O5. The number of aromatic nitrogens is 2. The molecule has 2 aromatic rings. The standard InChI is InChI=1S/C25H32F2N4O5/c1-5-35-23(32)16-8-10-17(11-9-16)31(21-18(15(2)3)7-6-14-28-21)25(33)29-19-12-13-20(34-4)30-22(19)36-24(26)27/h6-7,12-17,24H,5,8-11H2,1-4H3,(H,29,33). The van der Waals surface area contributed by atoms with Crippen LogP contribution in [0, 0.1) is 5.92 Å². The molecule has 1 saturated carbocycles. The van der Waals surface area contributed by atoms with Crippen LogP contribution in [0.25, 0.3) is 0 Å². The van der Waals surface area contributed by atoms with Crippen LogP contribution in [0.3, 0.4) is 0 Å². The molecule has 1 N–H and O–H groups in total. The van der Waals surface area contributed by atoms with Crippen molar-refractivity contribution in [2.75, 3.05) is 23.9 Å². The van der Waals surface area contributed by atoms with Gasteiger partial charge in [-0.05, 0) is 56.2 Å². The summed E-state index contributed by atoms with van der Waals surface area (Å²) in [6.07, 6.45) is 3.81. The molecule has 0 atom stereocenters. The van der Waals surface area contributed by atoms with Gasteiger partial charge in [-0.15, -0.1) is 0 Å². The van der Waals surface area contributed by atoms with E-state index in [4.69, 9.17) is 9.47 Å². The molecule has 0 aromatic carbocycles. The van der Waals surface area contributed by atoms with Crippen molar-refractivity contribution in [1.82, 2.24) is 9.97 Å². The lowest BCUT2D eigenvalue weighted by atomic mass is 9.85. The van der Waals surface area contributed by atoms with Crippen LogP contribution in [0.1, 0.15) is 57.9 Å². The van der Waals surface area contributed by atoms with E-state index in [0.29, 0.717) is 38.1 Å². The summed E-state index contributed by atoms with van der Waals surface area (Å²) in [5, 5.41) is 2.66. The van der Waals surface area contributed by atoms with Crippen LogP contribution >= 0.6 is 0 Å². The van der Waals surface area contributed by atoms with Gasteiger partial charge in [0, 0.05) is 18.3 Å². The molecule has 0 saturated heterocycles. The number of carbonyl (C=O) groups is 2. The quantitative estimate of drug-likeness (QED) is 0.456. The van der Waals surface area contributed by atoms with Crippen LogP contribution in [0.15, 0.2) is 30.5 Å². The van der Waals surface area contributed by atoms with Gasteiger partial charge in [0.2, 0.25) is 11.8 Å². The molecule has 11 heteroatoms. The Morgan fingerprint density at radius 3 is 2.50 bits per heavy atom. The number of urea groups is 1. The number of nitrogens with one attached hydrogen (secondary N) is 1. The van der Waals surface area contributed by atoms with Crippen LogP contribution in [0.4, 0.5) is 25.1 Å². The molecule has 36 heavy (non-hydrogen) atoms. The van der Waals surface area contributed by atoms with Crippen molar-refractivity contribution in [3.05, 3.63) is 36.0 Å². The van der Waals surface area contributed by atoms with Gasteiger partial charge >= 0.3 is 18.6 Å². The van der Waals surface area contributed by atoms with Gasteiger partial charge in [0.15, 0.2) is 0 Å². The number of ether oxygens (including phenoxy) is 3. The van der Waals surface area contributed by atoms with Crippen molar-refractivity contribution >= 4 is 23.5 Å². The highest BCUT2D eigenvalue weighted by molar-refractivity contribution is 6.02. The van der Waals surface area contributed by atoms with Crippen LogP contribution in [0.5, 0.6) is 11.8 Å². The minimum Gasteiger partial charge on any atom is -0.481 e. The monoisotopic (exact) mass is 506 g/mol. The molecule has 3 rings (SSSR count). The largest absolute Gasteiger partial charge is 0.481 e. The Labute approximate surface area is 209 Å². The number of alkyl halides is 2. The first-order valence-electron chi connectivity index (χ1n) is 12.0. The van der Waals surface area contributed by atoms with E-state index >= 15 is 0 Å². The summed E-state index contributed by atoms with van der Waals surface area (Å²) in [6, 6.07) is 5.68. The van der Waals surface area contributed by atoms with Gasteiger partial charge in [0.1, 0.15) is 11.5 Å². The third kappa shape index (κ3) is 6.58. The molecule has 2 heterocycles. The van der Waals surface area contributed by atoms with Crippen molar-refractivity contribution in [2.24, 2.45) is 5.92 Å². The number of amides is 2. The van der Waals surface area contributed by atoms with Crippen molar-refractivity contribution in [2.45, 2.75) is 65.0 Å². The number of carbonyl (C=O) groups excluding carboxylic acids is 2. The van der Waals surface area contributed by atoms with E-state index < -0.39 is 18.5 Å². The number of esters is 1. The van der Waals surface area contributed by atoms with Crippen LogP contribution in [-0.4, -0.2) is 48.3 Å². The molecular weight excluding hydrogens is 474 g/mol. The fraction of sp³-hybridized carbons (Fsp3) is 0.520. The lowest BCUT2D eigenvalue weighted by Crippen LogP contribution is -2.46. The average molecular weight is 507 g/mol. The first-order valence-corrected chi connectivity index (χ1v) is 12.0. The first kappa shape index (κ1) is 27.1. The summed E-state index contributed by atoms with van der Waals surface area (Å²) >= 11 is 0. The van der Waals surface area contributed by atoms with Gasteiger partial charge in [0.25, 0.3) is 0 Å². The highest BCUT2D eigenvalue weighted by atomic mass is 19.3. The summed E-state index contributed by atoms with van der Waals surface area (Å²) in [5.74, 6) is -0.317. The number of rotatable bonds is 9. The van der Waals surface area contributed by atoms with E-state index in [1.54, 1.807) is 24.1 Å². The topological polar surface area (TPSA) is 103 Å².